The average Bonchev–Trinajstić information content (AvgIpc) is 3.08. The van der Waals surface area contributed by atoms with Gasteiger partial charge in [-0.15, -0.1) is 0 Å². The summed E-state index contributed by atoms with van der Waals surface area (Å²) in [6, 6.07) is 5.86. The number of nitrogens with one attached hydrogen (secondary N) is 1. The third-order valence-electron chi connectivity index (χ3n) is 4.18. The molecule has 0 bridgehead atoms. The van der Waals surface area contributed by atoms with Crippen LogP contribution in [0.5, 0.6) is 5.88 Å². The van der Waals surface area contributed by atoms with Gasteiger partial charge in [-0.1, -0.05) is 12.1 Å². The summed E-state index contributed by atoms with van der Waals surface area (Å²) in [5.74, 6) is -0.238. The van der Waals surface area contributed by atoms with Crippen LogP contribution in [0.1, 0.15) is 23.6 Å². The van der Waals surface area contributed by atoms with Crippen molar-refractivity contribution in [3.63, 3.8) is 0 Å². The van der Waals surface area contributed by atoms with Gasteiger partial charge in [-0.3, -0.25) is 24.0 Å². The Hall–Kier alpha value is -3.01. The van der Waals surface area contributed by atoms with Crippen molar-refractivity contribution in [2.45, 2.75) is 12.5 Å². The fourth-order valence-electron chi connectivity index (χ4n) is 2.71. The number of aromatic nitrogens is 2. The lowest BCUT2D eigenvalue weighted by Crippen LogP contribution is -2.28. The summed E-state index contributed by atoms with van der Waals surface area (Å²) in [6.45, 7) is 0. The van der Waals surface area contributed by atoms with E-state index in [0.717, 1.165) is 5.56 Å². The van der Waals surface area contributed by atoms with Gasteiger partial charge < -0.3 is 10.5 Å². The van der Waals surface area contributed by atoms with Crippen LogP contribution in [0.4, 0.5) is 5.69 Å². The van der Waals surface area contributed by atoms with Crippen LogP contribution in [0.3, 0.4) is 0 Å². The average molecular weight is 361 g/mol. The van der Waals surface area contributed by atoms with Gasteiger partial charge in [0.25, 0.3) is 11.2 Å². The molecule has 2 heterocycles. The number of benzene rings is 1. The zero-order valence-electron chi connectivity index (χ0n) is 13.5. The summed E-state index contributed by atoms with van der Waals surface area (Å²) in [7, 11) is 3.10. The highest BCUT2D eigenvalue weighted by Gasteiger charge is 2.27. The second-order valence-electron chi connectivity index (χ2n) is 5.70. The lowest BCUT2D eigenvalue weighted by Gasteiger charge is -2.12. The van der Waals surface area contributed by atoms with Crippen LogP contribution in [-0.2, 0) is 14.1 Å². The molecule has 9 nitrogen and oxygen atoms in total. The molecular formula is C15H15N5O4S. The molecule has 0 aliphatic carbocycles. The van der Waals surface area contributed by atoms with E-state index in [0.29, 0.717) is 12.1 Å². The first-order valence-corrected chi connectivity index (χ1v) is 7.78. The van der Waals surface area contributed by atoms with Crippen LogP contribution < -0.4 is 11.0 Å². The van der Waals surface area contributed by atoms with Crippen molar-refractivity contribution in [2.75, 3.05) is 0 Å². The number of rotatable bonds is 3. The van der Waals surface area contributed by atoms with Gasteiger partial charge in [0.15, 0.2) is 4.77 Å². The Morgan fingerprint density at radius 1 is 1.32 bits per heavy atom. The Kier molecular flexibility index (Phi) is 4.13. The summed E-state index contributed by atoms with van der Waals surface area (Å²) < 4.78 is 2.81. The number of aromatic hydroxyl groups is 1. The Morgan fingerprint density at radius 2 is 1.96 bits per heavy atom. The quantitative estimate of drug-likeness (QED) is 0.486. The first-order chi connectivity index (χ1) is 11.8. The number of nitro groups is 1. The minimum absolute atomic E-state index is 0.00228. The summed E-state index contributed by atoms with van der Waals surface area (Å²) in [6.07, 6.45) is 0.359. The van der Waals surface area contributed by atoms with Gasteiger partial charge >= 0.3 is 0 Å². The highest BCUT2D eigenvalue weighted by atomic mass is 32.1. The highest BCUT2D eigenvalue weighted by molar-refractivity contribution is 7.71. The Bertz CT molecular complexity index is 1010. The lowest BCUT2D eigenvalue weighted by atomic mass is 10.00. The number of nitrogens with zero attached hydrogens (tertiary/aromatic N) is 4. The monoisotopic (exact) mass is 361 g/mol. The normalized spacial score (nSPS) is 16.4. The molecule has 0 fully saturated rings. The van der Waals surface area contributed by atoms with Gasteiger partial charge in [-0.2, -0.15) is 5.10 Å². The van der Waals surface area contributed by atoms with E-state index < -0.39 is 10.5 Å². The first kappa shape index (κ1) is 16.8. The van der Waals surface area contributed by atoms with Crippen molar-refractivity contribution in [3.8, 4) is 5.88 Å². The van der Waals surface area contributed by atoms with Gasteiger partial charge in [0.05, 0.1) is 16.7 Å². The molecular weight excluding hydrogens is 346 g/mol. The van der Waals surface area contributed by atoms with Crippen LogP contribution in [0.2, 0.25) is 0 Å². The number of hydrazone groups is 1. The standard InChI is InChI=1S/C15H15N5O4S/c1-18-13(21)12(14(22)19(2)15(18)25)11-7-10(16-17-11)8-3-5-9(6-4-8)20(23)24/h3-6,10,16,21H,7H2,1-2H3/t10-/m0/s1. The Balaban J connectivity index is 1.92. The maximum absolute atomic E-state index is 12.5. The molecule has 0 amide bonds. The molecule has 0 saturated heterocycles. The van der Waals surface area contributed by atoms with Crippen molar-refractivity contribution in [2.24, 2.45) is 19.2 Å². The van der Waals surface area contributed by atoms with Crippen molar-refractivity contribution in [1.29, 1.82) is 0 Å². The van der Waals surface area contributed by atoms with Crippen molar-refractivity contribution in [1.82, 2.24) is 14.6 Å². The van der Waals surface area contributed by atoms with E-state index in [9.17, 15) is 20.0 Å². The molecule has 1 atom stereocenters. The molecule has 0 unspecified atom stereocenters. The molecule has 25 heavy (non-hydrogen) atoms. The first-order valence-electron chi connectivity index (χ1n) is 7.37. The molecule has 1 aliphatic rings. The zero-order chi connectivity index (χ0) is 18.3. The van der Waals surface area contributed by atoms with Crippen LogP contribution in [0.15, 0.2) is 34.2 Å². The molecule has 2 N–H and O–H groups in total. The van der Waals surface area contributed by atoms with Gasteiger partial charge in [0.1, 0.15) is 5.56 Å². The van der Waals surface area contributed by atoms with E-state index in [1.54, 1.807) is 19.2 Å². The SMILES string of the molecule is Cn1c(O)c(C2=NN[C@H](c3ccc([N+](=O)[O-])cc3)C2)c(=O)n(C)c1=S. The van der Waals surface area contributed by atoms with E-state index in [1.807, 2.05) is 0 Å². The van der Waals surface area contributed by atoms with Crippen LogP contribution in [0.25, 0.3) is 0 Å². The summed E-state index contributed by atoms with van der Waals surface area (Å²) in [4.78, 5) is 22.7. The number of hydrogen-bond acceptors (Lipinski definition) is 7. The topological polar surface area (TPSA) is 115 Å². The molecule has 2 aromatic rings. The van der Waals surface area contributed by atoms with E-state index >= 15 is 0 Å². The predicted molar refractivity (Wildman–Crippen MR) is 93.3 cm³/mol. The fourth-order valence-corrected chi connectivity index (χ4v) is 2.87. The predicted octanol–water partition coefficient (Wildman–Crippen LogP) is 1.51. The molecule has 1 aliphatic heterocycles. The van der Waals surface area contributed by atoms with Crippen molar-refractivity contribution >= 4 is 23.6 Å². The van der Waals surface area contributed by atoms with E-state index in [1.165, 1.54) is 28.3 Å². The smallest absolute Gasteiger partial charge is 0.269 e. The largest absolute Gasteiger partial charge is 0.494 e. The van der Waals surface area contributed by atoms with E-state index in [2.05, 4.69) is 10.5 Å². The molecule has 1 aromatic carbocycles. The van der Waals surface area contributed by atoms with Gasteiger partial charge in [0.2, 0.25) is 5.88 Å². The summed E-state index contributed by atoms with van der Waals surface area (Å²) >= 11 is 5.09. The van der Waals surface area contributed by atoms with Gasteiger partial charge in [-0.25, -0.2) is 0 Å². The summed E-state index contributed by atoms with van der Waals surface area (Å²) in [5, 5.41) is 25.2. The highest BCUT2D eigenvalue weighted by Crippen LogP contribution is 2.27. The van der Waals surface area contributed by atoms with Crippen molar-refractivity contribution in [3.05, 3.63) is 60.6 Å². The number of hydrogen-bond donors (Lipinski definition) is 2. The second kappa shape index (κ2) is 6.13. The summed E-state index contributed by atoms with van der Waals surface area (Å²) in [5.41, 5.74) is 3.78. The molecule has 1 aromatic heterocycles. The zero-order valence-corrected chi connectivity index (χ0v) is 14.3. The minimum Gasteiger partial charge on any atom is -0.494 e. The van der Waals surface area contributed by atoms with Gasteiger partial charge in [0, 0.05) is 32.6 Å². The lowest BCUT2D eigenvalue weighted by molar-refractivity contribution is -0.384. The molecule has 130 valence electrons. The number of nitro benzene ring substituents is 1. The maximum atomic E-state index is 12.5. The third-order valence-corrected chi connectivity index (χ3v) is 4.73. The van der Waals surface area contributed by atoms with Crippen LogP contribution in [0, 0.1) is 14.9 Å². The molecule has 3 rings (SSSR count). The molecule has 0 radical (unpaired) electrons. The van der Waals surface area contributed by atoms with Crippen LogP contribution in [-0.4, -0.2) is 24.9 Å². The van der Waals surface area contributed by atoms with E-state index in [-0.39, 0.29) is 27.9 Å². The Morgan fingerprint density at radius 3 is 2.56 bits per heavy atom. The molecule has 10 heteroatoms. The Labute approximate surface area is 147 Å². The van der Waals surface area contributed by atoms with Crippen LogP contribution >= 0.6 is 12.2 Å². The van der Waals surface area contributed by atoms with Crippen molar-refractivity contribution < 1.29 is 10.0 Å². The third kappa shape index (κ3) is 2.80. The maximum Gasteiger partial charge on any atom is 0.269 e. The van der Waals surface area contributed by atoms with Gasteiger partial charge in [-0.05, 0) is 17.8 Å². The second-order valence-corrected chi connectivity index (χ2v) is 6.06. The minimum atomic E-state index is -0.466. The fraction of sp³-hybridized carbons (Fsp3) is 0.267. The number of non-ortho nitro benzene ring substituents is 1. The molecule has 0 spiro atoms. The van der Waals surface area contributed by atoms with E-state index in [4.69, 9.17) is 12.2 Å². The molecule has 0 saturated carbocycles.